The van der Waals surface area contributed by atoms with Crippen LogP contribution in [0.25, 0.3) is 0 Å². The fraction of sp³-hybridized carbons (Fsp3) is 0.0370. The van der Waals surface area contributed by atoms with E-state index in [0.717, 1.165) is 22.4 Å². The molecule has 0 unspecified atom stereocenters. The summed E-state index contributed by atoms with van der Waals surface area (Å²) in [5.41, 5.74) is 3.32. The Morgan fingerprint density at radius 2 is 1.23 bits per heavy atom. The number of hydrogen-bond acceptors (Lipinski definition) is 2. The first-order chi connectivity index (χ1) is 14.8. The molecule has 4 aromatic carbocycles. The van der Waals surface area contributed by atoms with E-state index in [-0.39, 0.29) is 5.91 Å². The molecule has 30 heavy (non-hydrogen) atoms. The van der Waals surface area contributed by atoms with E-state index >= 15 is 0 Å². The molecule has 0 N–H and O–H groups in total. The Morgan fingerprint density at radius 3 is 1.93 bits per heavy atom. The molecule has 0 fully saturated rings. The first kappa shape index (κ1) is 18.1. The van der Waals surface area contributed by atoms with Gasteiger partial charge >= 0.3 is 0 Å². The van der Waals surface area contributed by atoms with Crippen LogP contribution in [0.1, 0.15) is 27.0 Å². The smallest absolute Gasteiger partial charge is 0.261 e. The van der Waals surface area contributed by atoms with Crippen molar-refractivity contribution in [1.82, 2.24) is 0 Å². The molecule has 144 valence electrons. The lowest BCUT2D eigenvalue weighted by Crippen LogP contribution is -2.43. The van der Waals surface area contributed by atoms with E-state index < -0.39 is 5.66 Å². The normalized spacial score (nSPS) is 18.0. The molecule has 1 aliphatic rings. The van der Waals surface area contributed by atoms with Gasteiger partial charge < -0.3 is 0 Å². The summed E-state index contributed by atoms with van der Waals surface area (Å²) in [7, 11) is 0. The minimum Gasteiger partial charge on any atom is -0.275 e. The minimum atomic E-state index is -0.980. The molecule has 0 saturated carbocycles. The van der Waals surface area contributed by atoms with Gasteiger partial charge in [-0.1, -0.05) is 97.1 Å². The summed E-state index contributed by atoms with van der Waals surface area (Å²) in [6.45, 7) is 0. The fourth-order valence-electron chi connectivity index (χ4n) is 4.11. The molecule has 1 amide bonds. The lowest BCUT2D eigenvalue weighted by Gasteiger charge is -2.36. The zero-order valence-corrected chi connectivity index (χ0v) is 16.3. The summed E-state index contributed by atoms with van der Waals surface area (Å²) < 4.78 is 0. The van der Waals surface area contributed by atoms with Gasteiger partial charge in [0, 0.05) is 28.6 Å². The number of benzene rings is 4. The first-order valence-electron chi connectivity index (χ1n) is 9.95. The molecule has 5 rings (SSSR count). The molecule has 0 spiro atoms. The Labute approximate surface area is 176 Å². The quantitative estimate of drug-likeness (QED) is 0.415. The average molecular weight is 388 g/mol. The van der Waals surface area contributed by atoms with Crippen molar-refractivity contribution in [2.24, 2.45) is 4.99 Å². The maximum atomic E-state index is 13.6. The van der Waals surface area contributed by atoms with Crippen molar-refractivity contribution in [2.75, 3.05) is 4.90 Å². The predicted molar refractivity (Wildman–Crippen MR) is 121 cm³/mol. The van der Waals surface area contributed by atoms with Crippen molar-refractivity contribution in [3.8, 4) is 0 Å². The second-order valence-electron chi connectivity index (χ2n) is 7.23. The van der Waals surface area contributed by atoms with Gasteiger partial charge in [0.15, 0.2) is 5.66 Å². The zero-order valence-electron chi connectivity index (χ0n) is 16.3. The fourth-order valence-corrected chi connectivity index (χ4v) is 4.11. The Kier molecular flexibility index (Phi) is 4.49. The van der Waals surface area contributed by atoms with Crippen LogP contribution in [-0.4, -0.2) is 12.1 Å². The van der Waals surface area contributed by atoms with E-state index in [2.05, 4.69) is 0 Å². The van der Waals surface area contributed by atoms with Gasteiger partial charge in [0.1, 0.15) is 0 Å². The highest BCUT2D eigenvalue weighted by Crippen LogP contribution is 2.47. The lowest BCUT2D eigenvalue weighted by molar-refractivity contribution is 0.0983. The van der Waals surface area contributed by atoms with Gasteiger partial charge in [-0.2, -0.15) is 0 Å². The van der Waals surface area contributed by atoms with Crippen LogP contribution in [-0.2, 0) is 5.66 Å². The Bertz CT molecular complexity index is 1200. The highest BCUT2D eigenvalue weighted by molar-refractivity contribution is 6.13. The number of para-hydroxylation sites is 1. The second-order valence-corrected chi connectivity index (χ2v) is 7.23. The van der Waals surface area contributed by atoms with Crippen molar-refractivity contribution >= 4 is 17.8 Å². The van der Waals surface area contributed by atoms with Crippen LogP contribution in [0.5, 0.6) is 0 Å². The first-order valence-corrected chi connectivity index (χ1v) is 9.95. The van der Waals surface area contributed by atoms with E-state index in [1.807, 2.05) is 126 Å². The van der Waals surface area contributed by atoms with Gasteiger partial charge in [-0.25, -0.2) is 0 Å². The molecule has 0 aromatic heterocycles. The second kappa shape index (κ2) is 7.45. The van der Waals surface area contributed by atoms with E-state index in [9.17, 15) is 4.79 Å². The molecule has 1 heterocycles. The van der Waals surface area contributed by atoms with Crippen molar-refractivity contribution < 1.29 is 4.79 Å². The third-order valence-electron chi connectivity index (χ3n) is 5.45. The van der Waals surface area contributed by atoms with Crippen LogP contribution in [0, 0.1) is 0 Å². The highest BCUT2D eigenvalue weighted by atomic mass is 16.2. The van der Waals surface area contributed by atoms with Gasteiger partial charge in [-0.3, -0.25) is 14.7 Å². The number of rotatable bonds is 4. The maximum absolute atomic E-state index is 13.6. The number of amides is 1. The summed E-state index contributed by atoms with van der Waals surface area (Å²) in [6.07, 6.45) is 1.86. The van der Waals surface area contributed by atoms with Crippen molar-refractivity contribution in [1.29, 1.82) is 0 Å². The minimum absolute atomic E-state index is 0.0501. The molecule has 0 bridgehead atoms. The van der Waals surface area contributed by atoms with Gasteiger partial charge in [0.2, 0.25) is 0 Å². The third kappa shape index (κ3) is 2.83. The largest absolute Gasteiger partial charge is 0.275 e. The van der Waals surface area contributed by atoms with Gasteiger partial charge in [0.05, 0.1) is 0 Å². The Balaban J connectivity index is 1.82. The van der Waals surface area contributed by atoms with E-state index in [1.54, 1.807) is 0 Å². The van der Waals surface area contributed by atoms with Gasteiger partial charge in [-0.15, -0.1) is 0 Å². The SMILES string of the molecule is O=C1c2ccccc2[C@@](N=Cc2ccccc2)(c2ccccc2)N1c1ccccc1. The Hall–Kier alpha value is -3.98. The van der Waals surface area contributed by atoms with Gasteiger partial charge in [0.25, 0.3) is 5.91 Å². The molecule has 0 saturated heterocycles. The molecule has 1 atom stereocenters. The van der Waals surface area contributed by atoms with E-state index in [1.165, 1.54) is 0 Å². The lowest BCUT2D eigenvalue weighted by atomic mass is 9.90. The number of anilines is 1. The highest BCUT2D eigenvalue weighted by Gasteiger charge is 2.51. The molecule has 0 radical (unpaired) electrons. The zero-order chi connectivity index (χ0) is 20.4. The maximum Gasteiger partial charge on any atom is 0.261 e. The number of nitrogens with zero attached hydrogens (tertiary/aromatic N) is 2. The van der Waals surface area contributed by atoms with E-state index in [4.69, 9.17) is 4.99 Å². The van der Waals surface area contributed by atoms with Crippen molar-refractivity contribution in [3.05, 3.63) is 138 Å². The van der Waals surface area contributed by atoms with Gasteiger partial charge in [-0.05, 0) is 23.8 Å². The Morgan fingerprint density at radius 1 is 0.667 bits per heavy atom. The van der Waals surface area contributed by atoms with E-state index in [0.29, 0.717) is 5.56 Å². The molecule has 3 heteroatoms. The van der Waals surface area contributed by atoms with Crippen molar-refractivity contribution in [2.45, 2.75) is 5.66 Å². The number of carbonyl (C=O) groups is 1. The molecule has 0 aliphatic carbocycles. The number of carbonyl (C=O) groups excluding carboxylic acids is 1. The van der Waals surface area contributed by atoms with Crippen LogP contribution in [0.3, 0.4) is 0 Å². The van der Waals surface area contributed by atoms with Crippen LogP contribution in [0.4, 0.5) is 5.69 Å². The summed E-state index contributed by atoms with van der Waals surface area (Å²) in [4.78, 5) is 20.6. The molecule has 3 nitrogen and oxygen atoms in total. The molecule has 4 aromatic rings. The number of aliphatic imine (C=N–C) groups is 1. The monoisotopic (exact) mass is 388 g/mol. The predicted octanol–water partition coefficient (Wildman–Crippen LogP) is 5.67. The summed E-state index contributed by atoms with van der Waals surface area (Å²) in [5, 5.41) is 0. The summed E-state index contributed by atoms with van der Waals surface area (Å²) in [5.74, 6) is -0.0501. The number of hydrogen-bond donors (Lipinski definition) is 0. The average Bonchev–Trinajstić information content (AvgIpc) is 3.08. The number of fused-ring (bicyclic) bond motifs is 1. The molecule has 1 aliphatic heterocycles. The molecular formula is C27H20N2O. The standard InChI is InChI=1S/C27H20N2O/c30-26-24-18-10-11-19-25(24)27(22-14-6-2-7-15-22,28-20-21-12-4-1-5-13-21)29(26)23-16-8-3-9-17-23/h1-20H/t27-/m1/s1. The molecular weight excluding hydrogens is 368 g/mol. The third-order valence-corrected chi connectivity index (χ3v) is 5.45. The van der Waals surface area contributed by atoms with Crippen LogP contribution >= 0.6 is 0 Å². The van der Waals surface area contributed by atoms with Crippen LogP contribution in [0.15, 0.2) is 120 Å². The topological polar surface area (TPSA) is 32.7 Å². The summed E-state index contributed by atoms with van der Waals surface area (Å²) >= 11 is 0. The van der Waals surface area contributed by atoms with Crippen LogP contribution in [0.2, 0.25) is 0 Å². The summed E-state index contributed by atoms with van der Waals surface area (Å²) in [6, 6.07) is 37.5. The van der Waals surface area contributed by atoms with Crippen LogP contribution < -0.4 is 4.90 Å². The van der Waals surface area contributed by atoms with Crippen molar-refractivity contribution in [3.63, 3.8) is 0 Å².